The van der Waals surface area contributed by atoms with Gasteiger partial charge in [0.25, 0.3) is 5.91 Å². The summed E-state index contributed by atoms with van der Waals surface area (Å²) in [6, 6.07) is 32.1. The standard InChI is InChI=1S/C31H25N3O4/c35-29(36)23-11-9-10-22(18-23)20-34-21-24(27-16-7-8-17-28(27)34)19-32-33-30(37)31(38,25-12-3-1-4-13-25)26-14-5-2-6-15-26/h1-19,21,38H,20H2,(H,33,37)(H,35,36)/b32-19-. The summed E-state index contributed by atoms with van der Waals surface area (Å²) in [5.74, 6) is -1.65. The predicted molar refractivity (Wildman–Crippen MR) is 146 cm³/mol. The average molecular weight is 504 g/mol. The van der Waals surface area contributed by atoms with Gasteiger partial charge in [-0.2, -0.15) is 5.10 Å². The third-order valence-electron chi connectivity index (χ3n) is 6.43. The summed E-state index contributed by atoms with van der Waals surface area (Å²) in [6.07, 6.45) is 3.44. The van der Waals surface area contributed by atoms with Crippen molar-refractivity contribution in [3.63, 3.8) is 0 Å². The zero-order valence-corrected chi connectivity index (χ0v) is 20.4. The zero-order chi connectivity index (χ0) is 26.5. The lowest BCUT2D eigenvalue weighted by molar-refractivity contribution is -0.136. The van der Waals surface area contributed by atoms with Crippen molar-refractivity contribution in [1.82, 2.24) is 9.99 Å². The Kier molecular flexibility index (Phi) is 6.84. The lowest BCUT2D eigenvalue weighted by Crippen LogP contribution is -2.43. The number of hydrogen-bond donors (Lipinski definition) is 3. The first-order chi connectivity index (χ1) is 18.5. The van der Waals surface area contributed by atoms with Crippen LogP contribution in [-0.2, 0) is 16.9 Å². The molecule has 5 aromatic rings. The Morgan fingerprint density at radius 2 is 1.47 bits per heavy atom. The van der Waals surface area contributed by atoms with Gasteiger partial charge in [-0.1, -0.05) is 91.0 Å². The molecule has 0 saturated heterocycles. The number of nitrogens with zero attached hydrogens (tertiary/aromatic N) is 2. The summed E-state index contributed by atoms with van der Waals surface area (Å²) >= 11 is 0. The monoisotopic (exact) mass is 503 g/mol. The smallest absolute Gasteiger partial charge is 0.335 e. The maximum Gasteiger partial charge on any atom is 0.335 e. The van der Waals surface area contributed by atoms with Crippen LogP contribution >= 0.6 is 0 Å². The Morgan fingerprint density at radius 3 is 2.13 bits per heavy atom. The van der Waals surface area contributed by atoms with E-state index in [0.717, 1.165) is 22.0 Å². The van der Waals surface area contributed by atoms with E-state index in [1.807, 2.05) is 53.2 Å². The first-order valence-corrected chi connectivity index (χ1v) is 12.0. The van der Waals surface area contributed by atoms with Crippen molar-refractivity contribution < 1.29 is 19.8 Å². The zero-order valence-electron chi connectivity index (χ0n) is 20.4. The van der Waals surface area contributed by atoms with Crippen LogP contribution < -0.4 is 5.43 Å². The fourth-order valence-corrected chi connectivity index (χ4v) is 4.54. The van der Waals surface area contributed by atoms with Gasteiger partial charge >= 0.3 is 5.97 Å². The normalized spacial score (nSPS) is 11.6. The second kappa shape index (κ2) is 10.5. The number of carboxylic acid groups (broad SMARTS) is 1. The van der Waals surface area contributed by atoms with E-state index < -0.39 is 17.5 Å². The van der Waals surface area contributed by atoms with Crippen molar-refractivity contribution >= 4 is 29.0 Å². The topological polar surface area (TPSA) is 104 Å². The molecule has 0 saturated carbocycles. The van der Waals surface area contributed by atoms with E-state index in [0.29, 0.717) is 17.7 Å². The van der Waals surface area contributed by atoms with Gasteiger partial charge in [-0.15, -0.1) is 0 Å². The minimum atomic E-state index is -1.93. The van der Waals surface area contributed by atoms with Crippen molar-refractivity contribution in [2.24, 2.45) is 5.10 Å². The third-order valence-corrected chi connectivity index (χ3v) is 6.43. The van der Waals surface area contributed by atoms with E-state index in [2.05, 4.69) is 10.5 Å². The Balaban J connectivity index is 1.43. The molecule has 0 aliphatic heterocycles. The van der Waals surface area contributed by atoms with Crippen molar-refractivity contribution in [2.45, 2.75) is 12.1 Å². The van der Waals surface area contributed by atoms with E-state index >= 15 is 0 Å². The molecule has 5 rings (SSSR count). The first kappa shape index (κ1) is 24.7. The molecule has 0 bridgehead atoms. The largest absolute Gasteiger partial charge is 0.478 e. The summed E-state index contributed by atoms with van der Waals surface area (Å²) in [5.41, 5.74) is 4.22. The Hall–Kier alpha value is -5.01. The highest BCUT2D eigenvalue weighted by Crippen LogP contribution is 2.30. The van der Waals surface area contributed by atoms with Crippen molar-refractivity contribution in [2.75, 3.05) is 0 Å². The van der Waals surface area contributed by atoms with Crippen molar-refractivity contribution in [1.29, 1.82) is 0 Å². The number of carbonyl (C=O) groups excluding carboxylic acids is 1. The molecule has 38 heavy (non-hydrogen) atoms. The Bertz CT molecular complexity index is 1590. The van der Waals surface area contributed by atoms with E-state index in [1.165, 1.54) is 0 Å². The number of carbonyl (C=O) groups is 2. The number of aliphatic hydroxyl groups is 1. The fraction of sp³-hybridized carbons (Fsp3) is 0.0645. The number of para-hydroxylation sites is 1. The highest BCUT2D eigenvalue weighted by Gasteiger charge is 2.39. The summed E-state index contributed by atoms with van der Waals surface area (Å²) in [4.78, 5) is 24.7. The van der Waals surface area contributed by atoms with E-state index in [4.69, 9.17) is 0 Å². The number of nitrogens with one attached hydrogen (secondary N) is 1. The van der Waals surface area contributed by atoms with Gasteiger partial charge in [0.1, 0.15) is 0 Å². The van der Waals surface area contributed by atoms with Crippen LogP contribution in [-0.4, -0.2) is 32.9 Å². The summed E-state index contributed by atoms with van der Waals surface area (Å²) < 4.78 is 2.00. The number of fused-ring (bicyclic) bond motifs is 1. The molecule has 0 radical (unpaired) electrons. The number of hydrazone groups is 1. The maximum absolute atomic E-state index is 13.3. The van der Waals surface area contributed by atoms with Crippen molar-refractivity contribution in [3.8, 4) is 0 Å². The van der Waals surface area contributed by atoms with Gasteiger partial charge in [0.2, 0.25) is 0 Å². The molecule has 0 fully saturated rings. The van der Waals surface area contributed by atoms with Gasteiger partial charge in [-0.05, 0) is 34.9 Å². The molecule has 0 unspecified atom stereocenters. The quantitative estimate of drug-likeness (QED) is 0.210. The van der Waals surface area contributed by atoms with Crippen LogP contribution in [0.2, 0.25) is 0 Å². The van der Waals surface area contributed by atoms with Gasteiger partial charge in [0, 0.05) is 29.2 Å². The Labute approximate surface area is 219 Å². The molecule has 0 aliphatic rings. The predicted octanol–water partition coefficient (Wildman–Crippen LogP) is 4.77. The second-order valence-electron chi connectivity index (χ2n) is 8.88. The SMILES string of the molecule is O=C(O)c1cccc(Cn2cc(/C=N\NC(=O)C(O)(c3ccccc3)c3ccccc3)c3ccccc32)c1. The number of hydrogen-bond acceptors (Lipinski definition) is 4. The van der Waals surface area contributed by atoms with E-state index in [9.17, 15) is 19.8 Å². The van der Waals surface area contributed by atoms with Gasteiger partial charge in [-0.25, -0.2) is 10.2 Å². The number of aromatic carboxylic acids is 1. The minimum Gasteiger partial charge on any atom is -0.478 e. The number of aromatic nitrogens is 1. The van der Waals surface area contributed by atoms with Crippen molar-refractivity contribution in [3.05, 3.63) is 143 Å². The fourth-order valence-electron chi connectivity index (χ4n) is 4.54. The molecule has 0 aliphatic carbocycles. The second-order valence-corrected chi connectivity index (χ2v) is 8.88. The summed E-state index contributed by atoms with van der Waals surface area (Å²) in [6.45, 7) is 0.462. The van der Waals surface area contributed by atoms with Crippen LogP contribution in [0.25, 0.3) is 10.9 Å². The molecular formula is C31H25N3O4. The van der Waals surface area contributed by atoms with Gasteiger partial charge < -0.3 is 14.8 Å². The van der Waals surface area contributed by atoms with Crippen LogP contribution in [0, 0.1) is 0 Å². The summed E-state index contributed by atoms with van der Waals surface area (Å²) in [5, 5.41) is 26.0. The first-order valence-electron chi connectivity index (χ1n) is 12.0. The van der Waals surface area contributed by atoms with E-state index in [-0.39, 0.29) is 5.56 Å². The van der Waals surface area contributed by atoms with Crippen LogP contribution in [0.15, 0.2) is 120 Å². The molecule has 0 atom stereocenters. The molecule has 4 aromatic carbocycles. The van der Waals surface area contributed by atoms with Crippen LogP contribution in [0.5, 0.6) is 0 Å². The highest BCUT2D eigenvalue weighted by molar-refractivity contribution is 6.00. The number of carboxylic acids is 1. The van der Waals surface area contributed by atoms with Crippen LogP contribution in [0.3, 0.4) is 0 Å². The number of amides is 1. The third kappa shape index (κ3) is 4.83. The Morgan fingerprint density at radius 1 is 0.842 bits per heavy atom. The molecule has 3 N–H and O–H groups in total. The van der Waals surface area contributed by atoms with Crippen LogP contribution in [0.4, 0.5) is 0 Å². The average Bonchev–Trinajstić information content (AvgIpc) is 3.30. The van der Waals surface area contributed by atoms with Gasteiger partial charge in [0.15, 0.2) is 5.60 Å². The number of rotatable bonds is 8. The lowest BCUT2D eigenvalue weighted by atomic mass is 9.85. The van der Waals surface area contributed by atoms with E-state index in [1.54, 1.807) is 72.9 Å². The molecule has 7 heteroatoms. The highest BCUT2D eigenvalue weighted by atomic mass is 16.4. The molecule has 7 nitrogen and oxygen atoms in total. The molecule has 1 heterocycles. The van der Waals surface area contributed by atoms with Crippen LogP contribution in [0.1, 0.15) is 32.6 Å². The number of benzene rings is 4. The van der Waals surface area contributed by atoms with Gasteiger partial charge in [0.05, 0.1) is 11.8 Å². The lowest BCUT2D eigenvalue weighted by Gasteiger charge is -2.27. The van der Waals surface area contributed by atoms with Gasteiger partial charge in [-0.3, -0.25) is 4.79 Å². The minimum absolute atomic E-state index is 0.229. The summed E-state index contributed by atoms with van der Waals surface area (Å²) in [7, 11) is 0. The molecule has 0 spiro atoms. The molecule has 1 aromatic heterocycles. The molecular weight excluding hydrogens is 478 g/mol. The maximum atomic E-state index is 13.3. The molecule has 188 valence electrons. The molecule has 1 amide bonds.